The van der Waals surface area contributed by atoms with Gasteiger partial charge in [-0.1, -0.05) is 29.0 Å². The van der Waals surface area contributed by atoms with Crippen LogP contribution >= 0.6 is 11.3 Å². The summed E-state index contributed by atoms with van der Waals surface area (Å²) in [6.07, 6.45) is 0. The number of nitrogens with zero attached hydrogens (tertiary/aromatic N) is 1. The van der Waals surface area contributed by atoms with Crippen molar-refractivity contribution in [3.05, 3.63) is 57.0 Å². The van der Waals surface area contributed by atoms with Crippen molar-refractivity contribution in [3.63, 3.8) is 0 Å². The zero-order chi connectivity index (χ0) is 13.1. The quantitative estimate of drug-likeness (QED) is 0.681. The van der Waals surface area contributed by atoms with E-state index in [9.17, 15) is 14.9 Å². The number of thiophene rings is 1. The average Bonchev–Trinajstić information content (AvgIpc) is 2.81. The third kappa shape index (κ3) is 2.72. The lowest BCUT2D eigenvalue weighted by atomic mass is 10.2. The predicted molar refractivity (Wildman–Crippen MR) is 70.1 cm³/mol. The van der Waals surface area contributed by atoms with Crippen LogP contribution in [0.15, 0.2) is 36.4 Å². The van der Waals surface area contributed by atoms with E-state index in [1.54, 1.807) is 12.1 Å². The molecule has 1 amide bonds. The Balaban J connectivity index is 2.11. The van der Waals surface area contributed by atoms with Crippen molar-refractivity contribution in [3.8, 4) is 0 Å². The van der Waals surface area contributed by atoms with Gasteiger partial charge >= 0.3 is 5.00 Å². The van der Waals surface area contributed by atoms with Crippen molar-refractivity contribution in [2.75, 3.05) is 5.32 Å². The number of nitrogens with one attached hydrogen (secondary N) is 1. The Bertz CT molecular complexity index is 590. The monoisotopic (exact) mass is 262 g/mol. The first-order valence-electron chi connectivity index (χ1n) is 5.18. The number of anilines is 1. The summed E-state index contributed by atoms with van der Waals surface area (Å²) in [6, 6.07) is 10.1. The number of nitro groups is 1. The summed E-state index contributed by atoms with van der Waals surface area (Å²) in [6.45, 7) is 1.95. The second kappa shape index (κ2) is 4.97. The first kappa shape index (κ1) is 12.3. The van der Waals surface area contributed by atoms with Crippen molar-refractivity contribution in [1.82, 2.24) is 0 Å². The highest BCUT2D eigenvalue weighted by atomic mass is 32.1. The normalized spacial score (nSPS) is 10.1. The maximum Gasteiger partial charge on any atom is 0.324 e. The van der Waals surface area contributed by atoms with Crippen LogP contribution in [0.5, 0.6) is 0 Å². The Morgan fingerprint density at radius 1 is 1.22 bits per heavy atom. The standard InChI is InChI=1S/C12H10N2O3S/c1-8-2-4-9(5-3-8)13-12(15)10-6-7-11(18-10)14(16)17/h2-7H,1H3,(H,13,15). The molecule has 92 valence electrons. The van der Waals surface area contributed by atoms with Crippen LogP contribution < -0.4 is 5.32 Å². The predicted octanol–water partition coefficient (Wildman–Crippen LogP) is 3.22. The van der Waals surface area contributed by atoms with E-state index >= 15 is 0 Å². The average molecular weight is 262 g/mol. The number of aryl methyl sites for hydroxylation is 1. The maximum absolute atomic E-state index is 11.8. The molecule has 0 fully saturated rings. The van der Waals surface area contributed by atoms with Crippen molar-refractivity contribution in [2.24, 2.45) is 0 Å². The van der Waals surface area contributed by atoms with Gasteiger partial charge in [0.15, 0.2) is 0 Å². The number of hydrogen-bond donors (Lipinski definition) is 1. The Morgan fingerprint density at radius 2 is 1.89 bits per heavy atom. The number of carbonyl (C=O) groups is 1. The lowest BCUT2D eigenvalue weighted by Crippen LogP contribution is -2.09. The van der Waals surface area contributed by atoms with Gasteiger partial charge in [0.1, 0.15) is 0 Å². The number of amides is 1. The van der Waals surface area contributed by atoms with E-state index in [0.717, 1.165) is 16.9 Å². The molecule has 18 heavy (non-hydrogen) atoms. The molecule has 1 N–H and O–H groups in total. The summed E-state index contributed by atoms with van der Waals surface area (Å²) < 4.78 is 0. The molecule has 0 saturated heterocycles. The van der Waals surface area contributed by atoms with Crippen molar-refractivity contribution in [1.29, 1.82) is 0 Å². The number of hydrogen-bond acceptors (Lipinski definition) is 4. The smallest absolute Gasteiger partial charge is 0.321 e. The van der Waals surface area contributed by atoms with Crippen LogP contribution in [0.1, 0.15) is 15.2 Å². The van der Waals surface area contributed by atoms with Crippen LogP contribution in [0.2, 0.25) is 0 Å². The number of benzene rings is 1. The Kier molecular flexibility index (Phi) is 3.38. The fourth-order valence-electron chi connectivity index (χ4n) is 1.38. The van der Waals surface area contributed by atoms with Crippen LogP contribution in [-0.4, -0.2) is 10.8 Å². The zero-order valence-corrected chi connectivity index (χ0v) is 10.4. The minimum atomic E-state index is -0.507. The Hall–Kier alpha value is -2.21. The molecule has 0 aliphatic rings. The molecule has 5 nitrogen and oxygen atoms in total. The van der Waals surface area contributed by atoms with Crippen molar-refractivity contribution in [2.45, 2.75) is 6.92 Å². The minimum Gasteiger partial charge on any atom is -0.321 e. The van der Waals surface area contributed by atoms with Gasteiger partial charge in [-0.2, -0.15) is 0 Å². The molecule has 0 atom stereocenters. The molecule has 1 aromatic heterocycles. The number of carbonyl (C=O) groups excluding carboxylic acids is 1. The van der Waals surface area contributed by atoms with E-state index in [0.29, 0.717) is 10.6 Å². The molecule has 1 aromatic carbocycles. The summed E-state index contributed by atoms with van der Waals surface area (Å²) in [7, 11) is 0. The first-order chi connectivity index (χ1) is 8.56. The van der Waals surface area contributed by atoms with Gasteiger partial charge in [0.25, 0.3) is 5.91 Å². The molecule has 2 rings (SSSR count). The summed E-state index contributed by atoms with van der Waals surface area (Å²) in [4.78, 5) is 22.1. The van der Waals surface area contributed by atoms with Gasteiger partial charge in [0, 0.05) is 11.8 Å². The lowest BCUT2D eigenvalue weighted by molar-refractivity contribution is -0.380. The second-order valence-electron chi connectivity index (χ2n) is 3.72. The van der Waals surface area contributed by atoms with E-state index in [1.807, 2.05) is 19.1 Å². The van der Waals surface area contributed by atoms with Crippen LogP contribution in [0, 0.1) is 17.0 Å². The second-order valence-corrected chi connectivity index (χ2v) is 4.78. The molecular formula is C12H10N2O3S. The van der Waals surface area contributed by atoms with Gasteiger partial charge in [-0.3, -0.25) is 14.9 Å². The maximum atomic E-state index is 11.8. The molecule has 6 heteroatoms. The highest BCUT2D eigenvalue weighted by molar-refractivity contribution is 7.17. The fourth-order valence-corrected chi connectivity index (χ4v) is 2.09. The van der Waals surface area contributed by atoms with Crippen molar-refractivity contribution < 1.29 is 9.72 Å². The third-order valence-electron chi connectivity index (χ3n) is 2.30. The summed E-state index contributed by atoms with van der Waals surface area (Å²) in [5, 5.41) is 13.2. The third-order valence-corrected chi connectivity index (χ3v) is 3.34. The minimum absolute atomic E-state index is 0.0379. The largest absolute Gasteiger partial charge is 0.324 e. The highest BCUT2D eigenvalue weighted by Crippen LogP contribution is 2.24. The van der Waals surface area contributed by atoms with E-state index in [2.05, 4.69) is 5.32 Å². The Morgan fingerprint density at radius 3 is 2.44 bits per heavy atom. The molecule has 0 spiro atoms. The van der Waals surface area contributed by atoms with Gasteiger partial charge in [0.2, 0.25) is 0 Å². The van der Waals surface area contributed by atoms with Gasteiger partial charge < -0.3 is 5.32 Å². The van der Waals surface area contributed by atoms with Gasteiger partial charge in [-0.05, 0) is 25.1 Å². The molecular weight excluding hydrogens is 252 g/mol. The van der Waals surface area contributed by atoms with E-state index in [4.69, 9.17) is 0 Å². The zero-order valence-electron chi connectivity index (χ0n) is 9.54. The highest BCUT2D eigenvalue weighted by Gasteiger charge is 2.15. The van der Waals surface area contributed by atoms with Crippen LogP contribution in [0.4, 0.5) is 10.7 Å². The molecule has 0 aliphatic carbocycles. The molecule has 0 bridgehead atoms. The molecule has 0 saturated carbocycles. The topological polar surface area (TPSA) is 72.2 Å². The van der Waals surface area contributed by atoms with Crippen LogP contribution in [-0.2, 0) is 0 Å². The summed E-state index contributed by atoms with van der Waals surface area (Å²) in [5.41, 5.74) is 1.77. The van der Waals surface area contributed by atoms with Crippen LogP contribution in [0.25, 0.3) is 0 Å². The molecule has 0 radical (unpaired) electrons. The van der Waals surface area contributed by atoms with E-state index in [1.165, 1.54) is 12.1 Å². The molecule has 0 unspecified atom stereocenters. The SMILES string of the molecule is Cc1ccc(NC(=O)c2ccc([N+](=O)[O-])s2)cc1. The first-order valence-corrected chi connectivity index (χ1v) is 6.00. The van der Waals surface area contributed by atoms with Gasteiger partial charge in [0.05, 0.1) is 9.80 Å². The molecule has 1 heterocycles. The Labute approximate surface area is 107 Å². The molecule has 0 aliphatic heterocycles. The molecule has 2 aromatic rings. The van der Waals surface area contributed by atoms with Gasteiger partial charge in [-0.25, -0.2) is 0 Å². The summed E-state index contributed by atoms with van der Waals surface area (Å²) in [5.74, 6) is -0.336. The van der Waals surface area contributed by atoms with E-state index in [-0.39, 0.29) is 10.9 Å². The number of rotatable bonds is 3. The van der Waals surface area contributed by atoms with Crippen molar-refractivity contribution >= 4 is 27.9 Å². The van der Waals surface area contributed by atoms with Crippen LogP contribution in [0.3, 0.4) is 0 Å². The fraction of sp³-hybridized carbons (Fsp3) is 0.0833. The van der Waals surface area contributed by atoms with Gasteiger partial charge in [-0.15, -0.1) is 0 Å². The summed E-state index contributed by atoms with van der Waals surface area (Å²) >= 11 is 0.860. The lowest BCUT2D eigenvalue weighted by Gasteiger charge is -2.03. The van der Waals surface area contributed by atoms with E-state index < -0.39 is 4.92 Å².